The average molecular weight is 286 g/mol. The lowest BCUT2D eigenvalue weighted by Crippen LogP contribution is -2.18. The van der Waals surface area contributed by atoms with Crippen LogP contribution in [0.1, 0.15) is 30.0 Å². The van der Waals surface area contributed by atoms with Crippen LogP contribution in [0.25, 0.3) is 0 Å². The van der Waals surface area contributed by atoms with Crippen LogP contribution in [0.4, 0.5) is 18.9 Å². The number of likely N-dealkylation sites (tertiary alicyclic amines) is 1. The van der Waals surface area contributed by atoms with Crippen molar-refractivity contribution in [1.82, 2.24) is 4.90 Å². The van der Waals surface area contributed by atoms with E-state index in [0.29, 0.717) is 5.56 Å². The molecule has 19 heavy (non-hydrogen) atoms. The van der Waals surface area contributed by atoms with Gasteiger partial charge in [-0.2, -0.15) is 18.2 Å². The van der Waals surface area contributed by atoms with Crippen LogP contribution < -0.4 is 0 Å². The zero-order chi connectivity index (χ0) is 14.0. The fourth-order valence-corrected chi connectivity index (χ4v) is 2.54. The summed E-state index contributed by atoms with van der Waals surface area (Å²) >= 11 is 4.46. The quantitative estimate of drug-likeness (QED) is 0.598. The minimum absolute atomic E-state index is 0.0152. The molecule has 0 radical (unpaired) electrons. The molecule has 1 saturated heterocycles. The van der Waals surface area contributed by atoms with Gasteiger partial charge < -0.3 is 0 Å². The van der Waals surface area contributed by atoms with Crippen molar-refractivity contribution in [1.29, 1.82) is 0 Å². The summed E-state index contributed by atoms with van der Waals surface area (Å²) in [6.07, 6.45) is -2.53. The summed E-state index contributed by atoms with van der Waals surface area (Å²) < 4.78 is 38.6. The first-order chi connectivity index (χ1) is 8.91. The van der Waals surface area contributed by atoms with Gasteiger partial charge in [0.05, 0.1) is 16.4 Å². The molecule has 1 aromatic carbocycles. The second-order valence-corrected chi connectivity index (χ2v) is 4.84. The molecule has 1 aliphatic rings. The Morgan fingerprint density at radius 2 is 2.11 bits per heavy atom. The predicted octanol–water partition coefficient (Wildman–Crippen LogP) is 4.21. The Balaban J connectivity index is 2.48. The molecule has 0 bridgehead atoms. The second kappa shape index (κ2) is 5.41. The molecule has 102 valence electrons. The number of isothiocyanates is 1. The van der Waals surface area contributed by atoms with Crippen LogP contribution in [0, 0.1) is 0 Å². The van der Waals surface area contributed by atoms with E-state index in [9.17, 15) is 13.2 Å². The molecule has 1 atom stereocenters. The van der Waals surface area contributed by atoms with Crippen molar-refractivity contribution >= 4 is 23.1 Å². The number of thiocarbonyl (C=S) groups is 1. The largest absolute Gasteiger partial charge is 0.416 e. The smallest absolute Gasteiger partial charge is 0.299 e. The van der Waals surface area contributed by atoms with Crippen molar-refractivity contribution in [3.05, 3.63) is 29.3 Å². The maximum absolute atomic E-state index is 12.9. The van der Waals surface area contributed by atoms with Crippen molar-refractivity contribution in [3.63, 3.8) is 0 Å². The topological polar surface area (TPSA) is 15.6 Å². The average Bonchev–Trinajstić information content (AvgIpc) is 2.74. The van der Waals surface area contributed by atoms with Crippen LogP contribution in [-0.2, 0) is 6.18 Å². The molecule has 1 aromatic rings. The normalized spacial score (nSPS) is 20.3. The summed E-state index contributed by atoms with van der Waals surface area (Å²) in [6, 6.07) is 3.87. The van der Waals surface area contributed by atoms with Crippen LogP contribution in [0.2, 0.25) is 0 Å². The Morgan fingerprint density at radius 3 is 2.63 bits per heavy atom. The molecule has 1 fully saturated rings. The van der Waals surface area contributed by atoms with Gasteiger partial charge in [0.25, 0.3) is 0 Å². The number of hydrogen-bond acceptors (Lipinski definition) is 3. The summed E-state index contributed by atoms with van der Waals surface area (Å²) in [5.74, 6) is 0. The molecule has 2 nitrogen and oxygen atoms in total. The number of alkyl halides is 3. The highest BCUT2D eigenvalue weighted by Gasteiger charge is 2.33. The Labute approximate surface area is 114 Å². The van der Waals surface area contributed by atoms with Crippen molar-refractivity contribution in [2.45, 2.75) is 25.1 Å². The van der Waals surface area contributed by atoms with Gasteiger partial charge in [-0.05, 0) is 62.4 Å². The van der Waals surface area contributed by atoms with Gasteiger partial charge >= 0.3 is 6.18 Å². The van der Waals surface area contributed by atoms with E-state index in [0.717, 1.165) is 25.5 Å². The minimum Gasteiger partial charge on any atom is -0.299 e. The number of hydrogen-bond donors (Lipinski definition) is 0. The third kappa shape index (κ3) is 3.21. The Bertz CT molecular complexity index is 521. The lowest BCUT2D eigenvalue weighted by atomic mass is 10.0. The van der Waals surface area contributed by atoms with Crippen LogP contribution in [0.15, 0.2) is 23.2 Å². The molecule has 6 heteroatoms. The van der Waals surface area contributed by atoms with E-state index in [1.54, 1.807) is 6.07 Å². The van der Waals surface area contributed by atoms with E-state index < -0.39 is 11.7 Å². The van der Waals surface area contributed by atoms with E-state index in [1.807, 2.05) is 7.05 Å². The van der Waals surface area contributed by atoms with E-state index in [4.69, 9.17) is 0 Å². The third-order valence-electron chi connectivity index (χ3n) is 3.35. The fourth-order valence-electron chi connectivity index (χ4n) is 2.44. The van der Waals surface area contributed by atoms with E-state index in [-0.39, 0.29) is 11.7 Å². The molecule has 0 unspecified atom stereocenters. The molecule has 1 aliphatic heterocycles. The van der Waals surface area contributed by atoms with Crippen molar-refractivity contribution in [3.8, 4) is 0 Å². The number of nitrogens with zero attached hydrogens (tertiary/aromatic N) is 2. The SMILES string of the molecule is CN1CCC[C@@H]1c1cc(N=C=S)cc(C(F)(F)F)c1. The van der Waals surface area contributed by atoms with Crippen LogP contribution in [0.5, 0.6) is 0 Å². The summed E-state index contributed by atoms with van der Waals surface area (Å²) in [6.45, 7) is 0.896. The molecule has 0 N–H and O–H groups in total. The fraction of sp³-hybridized carbons (Fsp3) is 0.462. The first kappa shape index (κ1) is 14.2. The maximum Gasteiger partial charge on any atom is 0.416 e. The van der Waals surface area contributed by atoms with Gasteiger partial charge in [0, 0.05) is 6.04 Å². The molecule has 0 amide bonds. The molecular weight excluding hydrogens is 273 g/mol. The number of benzene rings is 1. The minimum atomic E-state index is -4.38. The van der Waals surface area contributed by atoms with Crippen molar-refractivity contribution < 1.29 is 13.2 Å². The predicted molar refractivity (Wildman–Crippen MR) is 70.7 cm³/mol. The van der Waals surface area contributed by atoms with Gasteiger partial charge in [-0.25, -0.2) is 0 Å². The lowest BCUT2D eigenvalue weighted by molar-refractivity contribution is -0.137. The Hall–Kier alpha value is -1.23. The van der Waals surface area contributed by atoms with E-state index >= 15 is 0 Å². The zero-order valence-corrected chi connectivity index (χ0v) is 11.2. The highest BCUT2D eigenvalue weighted by molar-refractivity contribution is 7.78. The summed E-state index contributed by atoms with van der Waals surface area (Å²) in [5.41, 5.74) is 0.160. The van der Waals surface area contributed by atoms with Gasteiger partial charge in [-0.15, -0.1) is 0 Å². The van der Waals surface area contributed by atoms with Crippen LogP contribution in [-0.4, -0.2) is 23.7 Å². The van der Waals surface area contributed by atoms with Gasteiger partial charge in [-0.1, -0.05) is 0 Å². The second-order valence-electron chi connectivity index (χ2n) is 4.65. The summed E-state index contributed by atoms with van der Waals surface area (Å²) in [7, 11) is 1.92. The first-order valence-electron chi connectivity index (χ1n) is 5.92. The number of aliphatic imine (C=N–C) groups is 1. The van der Waals surface area contributed by atoms with Gasteiger partial charge in [0.2, 0.25) is 0 Å². The van der Waals surface area contributed by atoms with Gasteiger partial charge in [-0.3, -0.25) is 4.90 Å². The van der Waals surface area contributed by atoms with Gasteiger partial charge in [0.1, 0.15) is 0 Å². The number of halogens is 3. The molecule has 0 aliphatic carbocycles. The Kier molecular flexibility index (Phi) is 4.04. The summed E-state index contributed by atoms with van der Waals surface area (Å²) in [5, 5.41) is 2.12. The van der Waals surface area contributed by atoms with E-state index in [1.165, 1.54) is 6.07 Å². The highest BCUT2D eigenvalue weighted by Crippen LogP contribution is 2.37. The third-order valence-corrected chi connectivity index (χ3v) is 3.44. The summed E-state index contributed by atoms with van der Waals surface area (Å²) in [4.78, 5) is 5.74. The van der Waals surface area contributed by atoms with Crippen molar-refractivity contribution in [2.75, 3.05) is 13.6 Å². The Morgan fingerprint density at radius 1 is 1.37 bits per heavy atom. The zero-order valence-electron chi connectivity index (χ0n) is 10.4. The molecular formula is C13H13F3N2S. The standard InChI is InChI=1S/C13H13F3N2S/c1-18-4-2-3-12(18)9-5-10(13(14,15)16)7-11(6-9)17-8-19/h5-7,12H,2-4H2,1H3/t12-/m1/s1. The first-order valence-corrected chi connectivity index (χ1v) is 6.33. The van der Waals surface area contributed by atoms with Crippen molar-refractivity contribution in [2.24, 2.45) is 4.99 Å². The molecule has 0 aromatic heterocycles. The lowest BCUT2D eigenvalue weighted by Gasteiger charge is -2.21. The van der Waals surface area contributed by atoms with Gasteiger partial charge in [0.15, 0.2) is 0 Å². The molecule has 0 saturated carbocycles. The maximum atomic E-state index is 12.9. The van der Waals surface area contributed by atoms with E-state index in [2.05, 4.69) is 27.3 Å². The highest BCUT2D eigenvalue weighted by atomic mass is 32.1. The molecule has 1 heterocycles. The molecule has 2 rings (SSSR count). The van der Waals surface area contributed by atoms with Crippen LogP contribution in [0.3, 0.4) is 0 Å². The number of rotatable bonds is 2. The molecule has 0 spiro atoms. The monoisotopic (exact) mass is 286 g/mol. The van der Waals surface area contributed by atoms with Crippen LogP contribution >= 0.6 is 12.2 Å².